The molecule has 0 aliphatic carbocycles. The van der Waals surface area contributed by atoms with E-state index in [9.17, 15) is 33.9 Å². The average Bonchev–Trinajstić information content (AvgIpc) is 4.20. The number of unbranched alkanes of at least 4 members (excludes halogenated alkanes) is 1. The van der Waals surface area contributed by atoms with Crippen molar-refractivity contribution < 1.29 is 33.9 Å². The van der Waals surface area contributed by atoms with E-state index in [-0.39, 0.29) is 70.9 Å². The van der Waals surface area contributed by atoms with Gasteiger partial charge in [-0.05, 0) is 93.0 Å². The van der Waals surface area contributed by atoms with E-state index in [1.54, 1.807) is 46.6 Å². The number of benzene rings is 2. The van der Waals surface area contributed by atoms with Crippen molar-refractivity contribution in [1.82, 2.24) is 39.6 Å². The van der Waals surface area contributed by atoms with E-state index < -0.39 is 17.8 Å². The van der Waals surface area contributed by atoms with Crippen LogP contribution < -0.4 is 25.8 Å². The number of hydrogen-bond acceptors (Lipinski definition) is 12. The lowest BCUT2D eigenvalue weighted by Crippen LogP contribution is -2.39. The van der Waals surface area contributed by atoms with Crippen molar-refractivity contribution >= 4 is 74.9 Å². The number of fused-ring (bicyclic) bond motifs is 2. The number of hydrogen-bond donors (Lipinski definition) is 4. The SMILES string of the molecule is Cc1cc(N2CC[C@](C)(c3ccccc3)C2)cn2nc(C(=O)N3CC[C@@]4(CCN(c5ccc(NC(=O)CCCCC(=O)Nc6ccc7c(C8CCC(=O)NC8=O)nn(C)c7c6)c(C(=O)O)n5)C4)C3)nc12. The molecule has 10 rings (SSSR count). The van der Waals surface area contributed by atoms with Gasteiger partial charge >= 0.3 is 5.97 Å². The summed E-state index contributed by atoms with van der Waals surface area (Å²) in [4.78, 5) is 91.8. The Balaban J connectivity index is 0.703. The first-order chi connectivity index (χ1) is 33.6. The second-order valence-corrected chi connectivity index (χ2v) is 19.8. The van der Waals surface area contributed by atoms with Crippen LogP contribution in [0.5, 0.6) is 0 Å². The highest BCUT2D eigenvalue weighted by molar-refractivity contribution is 6.03. The Hall–Kier alpha value is -7.70. The highest BCUT2D eigenvalue weighted by Gasteiger charge is 2.46. The van der Waals surface area contributed by atoms with Crippen LogP contribution in [0.4, 0.5) is 22.9 Å². The number of piperidine rings is 1. The lowest BCUT2D eigenvalue weighted by molar-refractivity contribution is -0.134. The summed E-state index contributed by atoms with van der Waals surface area (Å²) in [5.41, 5.74) is 5.50. The minimum atomic E-state index is -1.27. The maximum absolute atomic E-state index is 13.9. The summed E-state index contributed by atoms with van der Waals surface area (Å²) >= 11 is 0. The molecule has 19 nitrogen and oxygen atoms in total. The van der Waals surface area contributed by atoms with Gasteiger partial charge in [-0.2, -0.15) is 5.10 Å². The third-order valence-corrected chi connectivity index (χ3v) is 14.7. The number of amides is 5. The van der Waals surface area contributed by atoms with Crippen molar-refractivity contribution in [3.05, 3.63) is 101 Å². The number of pyridine rings is 2. The van der Waals surface area contributed by atoms with E-state index in [2.05, 4.69) is 68.2 Å². The first-order valence-corrected chi connectivity index (χ1v) is 24.0. The normalized spacial score (nSPS) is 21.3. The van der Waals surface area contributed by atoms with Gasteiger partial charge in [-0.15, -0.1) is 5.10 Å². The number of aryl methyl sites for hydroxylation is 2. The summed E-state index contributed by atoms with van der Waals surface area (Å²) in [5, 5.41) is 28.1. The van der Waals surface area contributed by atoms with Crippen LogP contribution in [-0.2, 0) is 31.6 Å². The Labute approximate surface area is 403 Å². The van der Waals surface area contributed by atoms with Crippen LogP contribution in [0.25, 0.3) is 16.6 Å². The Morgan fingerprint density at radius 3 is 2.37 bits per heavy atom. The molecule has 0 saturated carbocycles. The number of carboxylic acid groups (broad SMARTS) is 1. The molecule has 4 aromatic heterocycles. The zero-order chi connectivity index (χ0) is 48.9. The molecule has 5 amide bonds. The number of aromatic carboxylic acids is 1. The molecule has 6 aromatic rings. The van der Waals surface area contributed by atoms with Crippen LogP contribution in [0.1, 0.15) is 109 Å². The van der Waals surface area contributed by atoms with E-state index in [0.717, 1.165) is 54.5 Å². The smallest absolute Gasteiger partial charge is 0.356 e. The minimum absolute atomic E-state index is 0.0381. The van der Waals surface area contributed by atoms with E-state index in [0.29, 0.717) is 68.3 Å². The van der Waals surface area contributed by atoms with Gasteiger partial charge < -0.3 is 30.4 Å². The van der Waals surface area contributed by atoms with Crippen molar-refractivity contribution in [3.63, 3.8) is 0 Å². The van der Waals surface area contributed by atoms with Gasteiger partial charge in [0.05, 0.1) is 34.7 Å². The molecule has 362 valence electrons. The first kappa shape index (κ1) is 46.1. The molecule has 1 unspecified atom stereocenters. The van der Waals surface area contributed by atoms with Crippen LogP contribution in [0.3, 0.4) is 0 Å². The number of anilines is 4. The highest BCUT2D eigenvalue weighted by atomic mass is 16.4. The Kier molecular flexibility index (Phi) is 12.1. The van der Waals surface area contributed by atoms with Crippen LogP contribution in [0, 0.1) is 12.3 Å². The minimum Gasteiger partial charge on any atom is -0.476 e. The Morgan fingerprint density at radius 2 is 1.60 bits per heavy atom. The number of imide groups is 1. The molecule has 4 saturated heterocycles. The maximum atomic E-state index is 13.9. The van der Waals surface area contributed by atoms with E-state index >= 15 is 0 Å². The quantitative estimate of drug-likeness (QED) is 0.0819. The number of carbonyl (C=O) groups is 6. The monoisotopic (exact) mass is 948 g/mol. The molecule has 4 N–H and O–H groups in total. The summed E-state index contributed by atoms with van der Waals surface area (Å²) in [6.07, 6.45) is 6.23. The van der Waals surface area contributed by atoms with E-state index in [1.807, 2.05) is 29.0 Å². The van der Waals surface area contributed by atoms with Crippen LogP contribution in [-0.4, -0.2) is 114 Å². The van der Waals surface area contributed by atoms with Gasteiger partial charge in [-0.3, -0.25) is 34.0 Å². The molecule has 8 heterocycles. The lowest BCUT2D eigenvalue weighted by atomic mass is 9.82. The fourth-order valence-electron chi connectivity index (χ4n) is 10.8. The summed E-state index contributed by atoms with van der Waals surface area (Å²) in [6.45, 7) is 8.40. The highest BCUT2D eigenvalue weighted by Crippen LogP contribution is 2.42. The van der Waals surface area contributed by atoms with Crippen molar-refractivity contribution in [2.24, 2.45) is 12.5 Å². The topological polar surface area (TPSA) is 229 Å². The number of carbonyl (C=O) groups excluding carboxylic acids is 5. The van der Waals surface area contributed by atoms with Gasteiger partial charge in [0.1, 0.15) is 5.82 Å². The molecule has 3 atom stereocenters. The summed E-state index contributed by atoms with van der Waals surface area (Å²) in [5.74, 6) is -2.67. The van der Waals surface area contributed by atoms with Crippen LogP contribution >= 0.6 is 0 Å². The molecule has 4 fully saturated rings. The van der Waals surface area contributed by atoms with Gasteiger partial charge in [0.15, 0.2) is 11.3 Å². The van der Waals surface area contributed by atoms with Gasteiger partial charge in [0.25, 0.3) is 5.91 Å². The number of rotatable bonds is 13. The van der Waals surface area contributed by atoms with Crippen LogP contribution in [0.15, 0.2) is 72.9 Å². The number of nitrogens with zero attached hydrogens (tertiary/aromatic N) is 9. The number of nitrogens with one attached hydrogen (secondary N) is 3. The second kappa shape index (κ2) is 18.3. The Morgan fingerprint density at radius 1 is 0.843 bits per heavy atom. The lowest BCUT2D eigenvalue weighted by Gasteiger charge is -2.26. The molecule has 19 heteroatoms. The summed E-state index contributed by atoms with van der Waals surface area (Å²) in [6, 6.07) is 21.3. The molecular weight excluding hydrogens is 893 g/mol. The van der Waals surface area contributed by atoms with E-state index in [4.69, 9.17) is 10.1 Å². The molecule has 1 spiro atoms. The molecule has 4 aliphatic rings. The van der Waals surface area contributed by atoms with Gasteiger partial charge in [-0.25, -0.2) is 19.3 Å². The van der Waals surface area contributed by atoms with Crippen molar-refractivity contribution in [3.8, 4) is 0 Å². The van der Waals surface area contributed by atoms with E-state index in [1.165, 1.54) is 5.56 Å². The third-order valence-electron chi connectivity index (χ3n) is 14.7. The van der Waals surface area contributed by atoms with Crippen LogP contribution in [0.2, 0.25) is 0 Å². The van der Waals surface area contributed by atoms with Gasteiger partial charge in [0.2, 0.25) is 29.5 Å². The fraction of sp³-hybridized carbons (Fsp3) is 0.412. The predicted molar refractivity (Wildman–Crippen MR) is 261 cm³/mol. The largest absolute Gasteiger partial charge is 0.476 e. The predicted octanol–water partition coefficient (Wildman–Crippen LogP) is 5.59. The van der Waals surface area contributed by atoms with Gasteiger partial charge in [-0.1, -0.05) is 37.3 Å². The van der Waals surface area contributed by atoms with Crippen molar-refractivity contribution in [2.45, 2.75) is 83.0 Å². The van der Waals surface area contributed by atoms with Crippen molar-refractivity contribution in [2.75, 3.05) is 59.7 Å². The number of carboxylic acids is 1. The number of aromatic nitrogens is 6. The zero-order valence-electron chi connectivity index (χ0n) is 39.5. The first-order valence-electron chi connectivity index (χ1n) is 24.0. The molecule has 4 aliphatic heterocycles. The number of likely N-dealkylation sites (tertiary alicyclic amines) is 1. The molecule has 0 radical (unpaired) electrons. The van der Waals surface area contributed by atoms with Gasteiger partial charge in [0, 0.05) is 87.5 Å². The average molecular weight is 949 g/mol. The summed E-state index contributed by atoms with van der Waals surface area (Å²) in [7, 11) is 1.75. The fourth-order valence-corrected chi connectivity index (χ4v) is 10.8. The zero-order valence-corrected chi connectivity index (χ0v) is 39.5. The molecule has 2 aromatic carbocycles. The Bertz CT molecular complexity index is 3100. The van der Waals surface area contributed by atoms with Crippen molar-refractivity contribution in [1.29, 1.82) is 0 Å². The second-order valence-electron chi connectivity index (χ2n) is 19.8. The molecular formula is C51H56N12O7. The third kappa shape index (κ3) is 9.02. The standard InChI is InChI=1S/C51H56N12O7/c1-31-25-34(60-22-19-50(2,28-60)32-9-5-4-6-10-32)27-63-46(31)56-45(58-63)48(68)62-24-21-51(30-62)20-23-61(29-51)39-17-16-37(44(54-39)49(69)70)53-41(65)12-8-7-11-40(64)52-33-13-14-35-38(26-33)59(3)57-43(35)36-15-18-42(66)55-47(36)67/h4-6,9-10,13-14,16-17,25-27,36H,7-8,11-12,15,18-24,28-30H2,1-3H3,(H,52,64)(H,53,65)(H,69,70)(H,55,66,67)/t36?,50-,51+/m0/s1. The molecule has 70 heavy (non-hydrogen) atoms. The maximum Gasteiger partial charge on any atom is 0.356 e. The summed E-state index contributed by atoms with van der Waals surface area (Å²) < 4.78 is 3.38. The molecule has 0 bridgehead atoms.